The maximum Gasteiger partial charge on any atom is 0.227 e. The molecule has 0 rings (SSSR count). The number of ketones is 1. The average Bonchev–Trinajstić information content (AvgIpc) is 1.82. The van der Waals surface area contributed by atoms with Gasteiger partial charge in [-0.3, -0.25) is 9.59 Å². The summed E-state index contributed by atoms with van der Waals surface area (Å²) in [6.07, 6.45) is -0.778. The number of amides is 1. The molecule has 0 saturated carbocycles. The summed E-state index contributed by atoms with van der Waals surface area (Å²) in [5.74, 6) is -0.530. The molecule has 13 heavy (non-hydrogen) atoms. The van der Waals surface area contributed by atoms with Crippen molar-refractivity contribution in [2.45, 2.75) is 45.8 Å². The summed E-state index contributed by atoms with van der Waals surface area (Å²) in [4.78, 5) is 21.7. The van der Waals surface area contributed by atoms with Gasteiger partial charge in [-0.25, -0.2) is 0 Å². The number of hydrogen-bond donors (Lipinski definition) is 2. The number of hydrogen-bond acceptors (Lipinski definition) is 3. The predicted molar refractivity (Wildman–Crippen MR) is 49.2 cm³/mol. The zero-order valence-corrected chi connectivity index (χ0v) is 8.55. The van der Waals surface area contributed by atoms with E-state index in [2.05, 4.69) is 5.32 Å². The number of carbonyl (C=O) groups is 2. The lowest BCUT2D eigenvalue weighted by Crippen LogP contribution is -2.51. The molecule has 0 heterocycles. The van der Waals surface area contributed by atoms with Gasteiger partial charge in [-0.2, -0.15) is 0 Å². The van der Waals surface area contributed by atoms with E-state index in [9.17, 15) is 14.7 Å². The Hall–Kier alpha value is -0.900. The van der Waals surface area contributed by atoms with E-state index < -0.39 is 11.6 Å². The molecule has 0 aromatic carbocycles. The normalized spacial score (nSPS) is 13.6. The predicted octanol–water partition coefficient (Wildman–Crippen LogP) is 0.241. The molecule has 0 fully saturated rings. The number of rotatable bonds is 4. The Labute approximate surface area is 78.3 Å². The van der Waals surface area contributed by atoms with Crippen molar-refractivity contribution in [3.63, 3.8) is 0 Å². The fourth-order valence-corrected chi connectivity index (χ4v) is 0.734. The van der Waals surface area contributed by atoms with E-state index in [0.717, 1.165) is 0 Å². The van der Waals surface area contributed by atoms with Crippen LogP contribution in [0, 0.1) is 0 Å². The third-order valence-electron chi connectivity index (χ3n) is 1.92. The molecule has 1 unspecified atom stereocenters. The van der Waals surface area contributed by atoms with Gasteiger partial charge in [-0.15, -0.1) is 0 Å². The van der Waals surface area contributed by atoms with Crippen molar-refractivity contribution in [1.29, 1.82) is 0 Å². The van der Waals surface area contributed by atoms with E-state index in [4.69, 9.17) is 0 Å². The maximum absolute atomic E-state index is 11.1. The molecule has 4 heteroatoms. The number of carbonyl (C=O) groups excluding carboxylic acids is 2. The highest BCUT2D eigenvalue weighted by Gasteiger charge is 2.25. The number of nitrogens with one attached hydrogen (secondary N) is 1. The SMILES string of the molecule is CC(=O)CC(=O)NC(C)(C)C(C)O. The summed E-state index contributed by atoms with van der Waals surface area (Å²) in [5.41, 5.74) is -0.688. The van der Waals surface area contributed by atoms with Crippen LogP contribution in [0.3, 0.4) is 0 Å². The minimum Gasteiger partial charge on any atom is -0.391 e. The van der Waals surface area contributed by atoms with Gasteiger partial charge in [0.05, 0.1) is 18.1 Å². The molecule has 0 aliphatic rings. The molecule has 0 bridgehead atoms. The van der Waals surface area contributed by atoms with Gasteiger partial charge in [-0.05, 0) is 27.7 Å². The summed E-state index contributed by atoms with van der Waals surface area (Å²) >= 11 is 0. The molecule has 0 spiro atoms. The van der Waals surface area contributed by atoms with E-state index in [1.807, 2.05) is 0 Å². The van der Waals surface area contributed by atoms with Gasteiger partial charge in [0.1, 0.15) is 5.78 Å². The smallest absolute Gasteiger partial charge is 0.227 e. The van der Waals surface area contributed by atoms with Crippen LogP contribution in [0.5, 0.6) is 0 Å². The molecule has 1 amide bonds. The summed E-state index contributed by atoms with van der Waals surface area (Å²) in [6, 6.07) is 0. The van der Waals surface area contributed by atoms with Crippen molar-refractivity contribution >= 4 is 11.7 Å². The highest BCUT2D eigenvalue weighted by molar-refractivity contribution is 5.97. The fraction of sp³-hybridized carbons (Fsp3) is 0.778. The molecular weight excluding hydrogens is 170 g/mol. The molecule has 0 saturated heterocycles. The summed E-state index contributed by atoms with van der Waals surface area (Å²) in [6.45, 7) is 6.36. The first-order valence-corrected chi connectivity index (χ1v) is 4.24. The number of aliphatic hydroxyl groups is 1. The molecule has 1 atom stereocenters. The standard InChI is InChI=1S/C9H17NO3/c1-6(11)5-8(13)10-9(3,4)7(2)12/h7,12H,5H2,1-4H3,(H,10,13). The van der Waals surface area contributed by atoms with E-state index in [-0.39, 0.29) is 18.1 Å². The number of Topliss-reactive ketones (excluding diaryl/α,β-unsaturated/α-hetero) is 1. The zero-order valence-electron chi connectivity index (χ0n) is 8.55. The fourth-order valence-electron chi connectivity index (χ4n) is 0.734. The Morgan fingerprint density at radius 1 is 1.46 bits per heavy atom. The Morgan fingerprint density at radius 2 is 1.92 bits per heavy atom. The Balaban J connectivity index is 4.12. The first kappa shape index (κ1) is 12.1. The van der Waals surface area contributed by atoms with Crippen LogP contribution in [-0.4, -0.2) is 28.4 Å². The van der Waals surface area contributed by atoms with Gasteiger partial charge in [0.2, 0.25) is 5.91 Å². The van der Waals surface area contributed by atoms with E-state index in [1.54, 1.807) is 20.8 Å². The van der Waals surface area contributed by atoms with Gasteiger partial charge in [0.15, 0.2) is 0 Å². The largest absolute Gasteiger partial charge is 0.391 e. The van der Waals surface area contributed by atoms with Crippen LogP contribution in [0.1, 0.15) is 34.1 Å². The second kappa shape index (κ2) is 4.37. The zero-order chi connectivity index (χ0) is 10.6. The lowest BCUT2D eigenvalue weighted by molar-refractivity contribution is -0.129. The minimum atomic E-state index is -0.688. The minimum absolute atomic E-state index is 0.129. The third kappa shape index (κ3) is 4.62. The van der Waals surface area contributed by atoms with Crippen LogP contribution < -0.4 is 5.32 Å². The second-order valence-corrected chi connectivity index (χ2v) is 3.82. The van der Waals surface area contributed by atoms with Crippen LogP contribution in [0.4, 0.5) is 0 Å². The van der Waals surface area contributed by atoms with Gasteiger partial charge in [0.25, 0.3) is 0 Å². The van der Waals surface area contributed by atoms with Crippen molar-refractivity contribution in [2.75, 3.05) is 0 Å². The monoisotopic (exact) mass is 187 g/mol. The Kier molecular flexibility index (Phi) is 4.07. The van der Waals surface area contributed by atoms with Crippen molar-refractivity contribution in [2.24, 2.45) is 0 Å². The Morgan fingerprint density at radius 3 is 2.23 bits per heavy atom. The third-order valence-corrected chi connectivity index (χ3v) is 1.92. The highest BCUT2D eigenvalue weighted by Crippen LogP contribution is 2.08. The highest BCUT2D eigenvalue weighted by atomic mass is 16.3. The van der Waals surface area contributed by atoms with Gasteiger partial charge in [0, 0.05) is 0 Å². The first-order valence-electron chi connectivity index (χ1n) is 4.24. The lowest BCUT2D eigenvalue weighted by Gasteiger charge is -2.29. The second-order valence-electron chi connectivity index (χ2n) is 3.82. The van der Waals surface area contributed by atoms with Crippen LogP contribution >= 0.6 is 0 Å². The number of aliphatic hydroxyl groups excluding tert-OH is 1. The van der Waals surface area contributed by atoms with Crippen LogP contribution in [0.15, 0.2) is 0 Å². The van der Waals surface area contributed by atoms with Gasteiger partial charge < -0.3 is 10.4 Å². The van der Waals surface area contributed by atoms with E-state index in [0.29, 0.717) is 0 Å². The van der Waals surface area contributed by atoms with Gasteiger partial charge >= 0.3 is 0 Å². The topological polar surface area (TPSA) is 66.4 Å². The molecule has 0 aliphatic heterocycles. The quantitative estimate of drug-likeness (QED) is 0.620. The maximum atomic E-state index is 11.1. The molecule has 4 nitrogen and oxygen atoms in total. The molecule has 0 aromatic rings. The van der Waals surface area contributed by atoms with Gasteiger partial charge in [-0.1, -0.05) is 0 Å². The van der Waals surface area contributed by atoms with Crippen molar-refractivity contribution in [1.82, 2.24) is 5.32 Å². The van der Waals surface area contributed by atoms with E-state index >= 15 is 0 Å². The molecular formula is C9H17NO3. The average molecular weight is 187 g/mol. The van der Waals surface area contributed by atoms with E-state index in [1.165, 1.54) is 6.92 Å². The Bertz CT molecular complexity index is 209. The molecule has 0 radical (unpaired) electrons. The van der Waals surface area contributed by atoms with Crippen molar-refractivity contribution in [3.8, 4) is 0 Å². The van der Waals surface area contributed by atoms with Crippen molar-refractivity contribution in [3.05, 3.63) is 0 Å². The summed E-state index contributed by atoms with van der Waals surface area (Å²) in [7, 11) is 0. The van der Waals surface area contributed by atoms with Crippen LogP contribution in [0.2, 0.25) is 0 Å². The summed E-state index contributed by atoms with van der Waals surface area (Å²) < 4.78 is 0. The first-order chi connectivity index (χ1) is 5.75. The molecule has 0 aromatic heterocycles. The molecule has 76 valence electrons. The molecule has 2 N–H and O–H groups in total. The van der Waals surface area contributed by atoms with Crippen LogP contribution in [-0.2, 0) is 9.59 Å². The van der Waals surface area contributed by atoms with Crippen molar-refractivity contribution < 1.29 is 14.7 Å². The molecule has 0 aliphatic carbocycles. The lowest BCUT2D eigenvalue weighted by atomic mass is 9.98. The van der Waals surface area contributed by atoms with Crippen LogP contribution in [0.25, 0.3) is 0 Å². The summed E-state index contributed by atoms with van der Waals surface area (Å²) in [5, 5.41) is 11.8.